The number of hydrogen-bond donors (Lipinski definition) is 1. The number of hydrogen-bond acceptors (Lipinski definition) is 7. The van der Waals surface area contributed by atoms with Gasteiger partial charge in [0.25, 0.3) is 0 Å². The lowest BCUT2D eigenvalue weighted by Crippen LogP contribution is -2.40. The number of methoxy groups -OCH3 is 1. The zero-order valence-electron chi connectivity index (χ0n) is 17.3. The van der Waals surface area contributed by atoms with Gasteiger partial charge < -0.3 is 19.5 Å². The van der Waals surface area contributed by atoms with Crippen LogP contribution in [0.25, 0.3) is 10.8 Å². The predicted molar refractivity (Wildman–Crippen MR) is 116 cm³/mol. The Labute approximate surface area is 186 Å². The van der Waals surface area contributed by atoms with E-state index in [9.17, 15) is 13.2 Å². The van der Waals surface area contributed by atoms with Gasteiger partial charge >= 0.3 is 0 Å². The molecule has 1 fully saturated rings. The molecule has 1 aliphatic heterocycles. The van der Waals surface area contributed by atoms with Gasteiger partial charge in [-0.3, -0.25) is 9.78 Å². The normalized spacial score (nSPS) is 17.3. The lowest BCUT2D eigenvalue weighted by molar-refractivity contribution is -0.126. The van der Waals surface area contributed by atoms with Gasteiger partial charge in [0.15, 0.2) is 0 Å². The molecular weight excluding hydrogens is 446 g/mol. The van der Waals surface area contributed by atoms with Crippen molar-refractivity contribution in [2.75, 3.05) is 53.2 Å². The minimum absolute atomic E-state index is 0.108. The van der Waals surface area contributed by atoms with Crippen LogP contribution >= 0.6 is 11.6 Å². The van der Waals surface area contributed by atoms with Crippen LogP contribution in [-0.2, 0) is 29.0 Å². The molecule has 1 aromatic carbocycles. The third-order valence-electron chi connectivity index (χ3n) is 4.87. The number of sulfonamides is 1. The third kappa shape index (κ3) is 6.12. The minimum Gasteiger partial charge on any atom is -0.382 e. The zero-order chi connectivity index (χ0) is 22.3. The molecule has 170 valence electrons. The summed E-state index contributed by atoms with van der Waals surface area (Å²) in [5, 5.41) is 4.21. The van der Waals surface area contributed by atoms with Gasteiger partial charge in [-0.15, -0.1) is 0 Å². The van der Waals surface area contributed by atoms with Crippen LogP contribution in [0.4, 0.5) is 0 Å². The van der Waals surface area contributed by atoms with Crippen molar-refractivity contribution in [3.05, 3.63) is 35.6 Å². The second-order valence-corrected chi connectivity index (χ2v) is 9.36. The number of rotatable bonds is 11. The van der Waals surface area contributed by atoms with Gasteiger partial charge in [-0.25, -0.2) is 8.42 Å². The molecule has 2 heterocycles. The summed E-state index contributed by atoms with van der Waals surface area (Å²) in [5.41, 5.74) is 0. The van der Waals surface area contributed by atoms with Crippen molar-refractivity contribution in [2.45, 2.75) is 17.4 Å². The Hall–Kier alpha value is -1.82. The number of amides is 1. The minimum atomic E-state index is -3.78. The highest BCUT2D eigenvalue weighted by atomic mass is 35.5. The van der Waals surface area contributed by atoms with E-state index in [1.165, 1.54) is 16.6 Å². The first-order valence-corrected chi connectivity index (χ1v) is 11.7. The smallest absolute Gasteiger partial charge is 0.246 e. The van der Waals surface area contributed by atoms with E-state index in [1.54, 1.807) is 25.4 Å². The number of halogens is 1. The highest BCUT2D eigenvalue weighted by Crippen LogP contribution is 2.32. The van der Waals surface area contributed by atoms with E-state index in [1.807, 2.05) is 0 Å². The van der Waals surface area contributed by atoms with Crippen molar-refractivity contribution < 1.29 is 27.4 Å². The summed E-state index contributed by atoms with van der Waals surface area (Å²) in [6.45, 7) is 2.02. The van der Waals surface area contributed by atoms with Gasteiger partial charge in [-0.05, 0) is 12.5 Å². The third-order valence-corrected chi connectivity index (χ3v) is 7.06. The molecule has 1 N–H and O–H groups in total. The Morgan fingerprint density at radius 3 is 2.81 bits per heavy atom. The molecule has 1 saturated heterocycles. The summed E-state index contributed by atoms with van der Waals surface area (Å²) < 4.78 is 43.2. The van der Waals surface area contributed by atoms with E-state index in [0.717, 1.165) is 0 Å². The van der Waals surface area contributed by atoms with Crippen molar-refractivity contribution in [2.24, 2.45) is 0 Å². The van der Waals surface area contributed by atoms with Crippen LogP contribution in [-0.4, -0.2) is 82.9 Å². The Kier molecular flexibility index (Phi) is 8.58. The van der Waals surface area contributed by atoms with Crippen molar-refractivity contribution in [1.82, 2.24) is 14.6 Å². The molecule has 0 bridgehead atoms. The van der Waals surface area contributed by atoms with Crippen molar-refractivity contribution >= 4 is 38.3 Å². The molecule has 2 aromatic rings. The lowest BCUT2D eigenvalue weighted by atomic mass is 10.2. The summed E-state index contributed by atoms with van der Waals surface area (Å²) in [5.74, 6) is -0.291. The Bertz CT molecular complexity index is 998. The molecule has 0 unspecified atom stereocenters. The maximum absolute atomic E-state index is 13.2. The molecule has 0 spiro atoms. The number of benzene rings is 1. The second-order valence-electron chi connectivity index (χ2n) is 7.05. The maximum Gasteiger partial charge on any atom is 0.246 e. The molecule has 0 aliphatic carbocycles. The average molecular weight is 472 g/mol. The first-order valence-electron chi connectivity index (χ1n) is 9.89. The number of aromatic nitrogens is 1. The van der Waals surface area contributed by atoms with E-state index in [-0.39, 0.29) is 35.0 Å². The average Bonchev–Trinajstić information content (AvgIpc) is 3.22. The number of nitrogens with zero attached hydrogens (tertiary/aromatic N) is 2. The Morgan fingerprint density at radius 1 is 1.23 bits per heavy atom. The summed E-state index contributed by atoms with van der Waals surface area (Å²) >= 11 is 6.24. The summed E-state index contributed by atoms with van der Waals surface area (Å²) in [7, 11) is -2.19. The van der Waals surface area contributed by atoms with Crippen molar-refractivity contribution in [1.29, 1.82) is 0 Å². The fraction of sp³-hybridized carbons (Fsp3) is 0.500. The number of pyridine rings is 1. The molecule has 3 rings (SSSR count). The largest absolute Gasteiger partial charge is 0.382 e. The highest BCUT2D eigenvalue weighted by molar-refractivity contribution is 7.89. The van der Waals surface area contributed by atoms with E-state index in [2.05, 4.69) is 10.3 Å². The van der Waals surface area contributed by atoms with Gasteiger partial charge in [0.1, 0.15) is 6.61 Å². The molecule has 1 aromatic heterocycles. The summed E-state index contributed by atoms with van der Waals surface area (Å²) in [6.07, 6.45) is 3.53. The first-order chi connectivity index (χ1) is 14.9. The van der Waals surface area contributed by atoms with E-state index >= 15 is 0 Å². The van der Waals surface area contributed by atoms with Gasteiger partial charge in [-0.1, -0.05) is 23.7 Å². The number of fused-ring (bicyclic) bond motifs is 1. The van der Waals surface area contributed by atoms with Gasteiger partial charge in [0, 0.05) is 49.4 Å². The molecule has 1 amide bonds. The Morgan fingerprint density at radius 2 is 2.00 bits per heavy atom. The van der Waals surface area contributed by atoms with Crippen molar-refractivity contribution in [3.8, 4) is 0 Å². The zero-order valence-corrected chi connectivity index (χ0v) is 18.8. The van der Waals surface area contributed by atoms with Crippen LogP contribution < -0.4 is 5.32 Å². The molecule has 1 aliphatic rings. The lowest BCUT2D eigenvalue weighted by Gasteiger charge is -2.18. The van der Waals surface area contributed by atoms with E-state index in [0.29, 0.717) is 50.2 Å². The van der Waals surface area contributed by atoms with Gasteiger partial charge in [-0.2, -0.15) is 4.31 Å². The monoisotopic (exact) mass is 471 g/mol. The molecule has 0 radical (unpaired) electrons. The maximum atomic E-state index is 13.2. The van der Waals surface area contributed by atoms with E-state index < -0.39 is 10.0 Å². The van der Waals surface area contributed by atoms with Crippen LogP contribution in [0.15, 0.2) is 35.5 Å². The fourth-order valence-corrected chi connectivity index (χ4v) is 5.43. The summed E-state index contributed by atoms with van der Waals surface area (Å²) in [4.78, 5) is 16.2. The fourth-order valence-electron chi connectivity index (χ4n) is 3.37. The quantitative estimate of drug-likeness (QED) is 0.494. The summed E-state index contributed by atoms with van der Waals surface area (Å²) in [6, 6.07) is 4.69. The number of carbonyl (C=O) groups excluding carboxylic acids is 1. The standard InChI is InChI=1S/C20H26ClN3O6S/c1-28-7-8-29-9-10-30-14-19(25)23-16-5-6-24(13-16)31(26,27)18-4-2-3-15-11-22-12-17(21)20(15)18/h2-4,11-12,16H,5-10,13-14H2,1H3,(H,23,25)/t16-/m0/s1. The molecule has 31 heavy (non-hydrogen) atoms. The molecular formula is C20H26ClN3O6S. The van der Waals surface area contributed by atoms with Crippen LogP contribution in [0.3, 0.4) is 0 Å². The van der Waals surface area contributed by atoms with Crippen molar-refractivity contribution in [3.63, 3.8) is 0 Å². The van der Waals surface area contributed by atoms with E-state index in [4.69, 9.17) is 25.8 Å². The predicted octanol–water partition coefficient (Wildman–Crippen LogP) is 1.45. The van der Waals surface area contributed by atoms with Gasteiger partial charge in [0.05, 0.1) is 36.3 Å². The first kappa shape index (κ1) is 23.8. The van der Waals surface area contributed by atoms with Crippen LogP contribution in [0.2, 0.25) is 5.02 Å². The number of nitrogens with one attached hydrogen (secondary N) is 1. The molecule has 11 heteroatoms. The van der Waals surface area contributed by atoms with Gasteiger partial charge in [0.2, 0.25) is 15.9 Å². The number of ether oxygens (including phenoxy) is 3. The Balaban J connectivity index is 1.53. The van der Waals surface area contributed by atoms with Crippen LogP contribution in [0, 0.1) is 0 Å². The topological polar surface area (TPSA) is 107 Å². The second kappa shape index (κ2) is 11.2. The molecule has 9 nitrogen and oxygen atoms in total. The molecule has 0 saturated carbocycles. The molecule has 1 atom stereocenters. The highest BCUT2D eigenvalue weighted by Gasteiger charge is 2.34. The SMILES string of the molecule is COCCOCCOCC(=O)N[C@H]1CCN(S(=O)(=O)c2cccc3cncc(Cl)c23)C1. The van der Waals surface area contributed by atoms with Crippen LogP contribution in [0.5, 0.6) is 0 Å². The van der Waals surface area contributed by atoms with Crippen LogP contribution in [0.1, 0.15) is 6.42 Å². The number of carbonyl (C=O) groups is 1.